The Hall–Kier alpha value is -1.34. The molecular formula is C14H16O. The van der Waals surface area contributed by atoms with Gasteiger partial charge in [0.15, 0.2) is 0 Å². The van der Waals surface area contributed by atoms with Crippen LogP contribution in [0.15, 0.2) is 48.6 Å². The SMILES string of the molecule is CC1(CO)C=CC(c2ccccc2)=CC1. The van der Waals surface area contributed by atoms with Crippen LogP contribution in [0, 0.1) is 5.41 Å². The summed E-state index contributed by atoms with van der Waals surface area (Å²) >= 11 is 0. The molecule has 0 amide bonds. The predicted molar refractivity (Wildman–Crippen MR) is 63.4 cm³/mol. The zero-order valence-electron chi connectivity index (χ0n) is 8.98. The standard InChI is InChI=1S/C14H16O/c1-14(11-15)9-7-13(8-10-14)12-5-3-2-4-6-12/h2-9,15H,10-11H2,1H3. The van der Waals surface area contributed by atoms with Crippen LogP contribution in [-0.2, 0) is 0 Å². The Balaban J connectivity index is 2.20. The highest BCUT2D eigenvalue weighted by Crippen LogP contribution is 2.31. The zero-order chi connectivity index (χ0) is 10.7. The molecule has 1 atom stereocenters. The Kier molecular flexibility index (Phi) is 2.74. The summed E-state index contributed by atoms with van der Waals surface area (Å²) in [6.07, 6.45) is 7.32. The molecule has 0 fully saturated rings. The third kappa shape index (κ3) is 2.18. The summed E-state index contributed by atoms with van der Waals surface area (Å²) in [4.78, 5) is 0. The van der Waals surface area contributed by atoms with Gasteiger partial charge in [0.1, 0.15) is 0 Å². The molecule has 1 aliphatic rings. The molecule has 1 aromatic rings. The van der Waals surface area contributed by atoms with Crippen LogP contribution in [0.3, 0.4) is 0 Å². The normalized spacial score (nSPS) is 25.1. The maximum Gasteiger partial charge on any atom is 0.0522 e. The minimum atomic E-state index is -0.0712. The highest BCUT2D eigenvalue weighted by Gasteiger charge is 2.21. The van der Waals surface area contributed by atoms with Crippen LogP contribution in [0.1, 0.15) is 18.9 Å². The second-order valence-corrected chi connectivity index (χ2v) is 4.38. The van der Waals surface area contributed by atoms with Gasteiger partial charge in [-0.1, -0.05) is 55.5 Å². The van der Waals surface area contributed by atoms with Crippen molar-refractivity contribution in [3.63, 3.8) is 0 Å². The van der Waals surface area contributed by atoms with E-state index in [1.165, 1.54) is 11.1 Å². The van der Waals surface area contributed by atoms with Gasteiger partial charge in [0, 0.05) is 5.41 Å². The van der Waals surface area contributed by atoms with E-state index in [0.29, 0.717) is 0 Å². The lowest BCUT2D eigenvalue weighted by Gasteiger charge is -2.25. The average Bonchev–Trinajstić information content (AvgIpc) is 2.31. The molecule has 1 aliphatic carbocycles. The Morgan fingerprint density at radius 3 is 2.53 bits per heavy atom. The van der Waals surface area contributed by atoms with Crippen molar-refractivity contribution < 1.29 is 5.11 Å². The minimum Gasteiger partial charge on any atom is -0.395 e. The van der Waals surface area contributed by atoms with Gasteiger partial charge in [-0.2, -0.15) is 0 Å². The number of hydrogen-bond acceptors (Lipinski definition) is 1. The molecule has 0 saturated carbocycles. The van der Waals surface area contributed by atoms with Crippen LogP contribution < -0.4 is 0 Å². The highest BCUT2D eigenvalue weighted by molar-refractivity contribution is 5.75. The Labute approximate surface area is 90.8 Å². The summed E-state index contributed by atoms with van der Waals surface area (Å²) in [6.45, 7) is 2.28. The van der Waals surface area contributed by atoms with Crippen LogP contribution in [0.5, 0.6) is 0 Å². The molecule has 1 aromatic carbocycles. The molecule has 1 unspecified atom stereocenters. The lowest BCUT2D eigenvalue weighted by Crippen LogP contribution is -2.19. The molecule has 0 radical (unpaired) electrons. The first-order valence-corrected chi connectivity index (χ1v) is 5.29. The Bertz CT molecular complexity index is 389. The topological polar surface area (TPSA) is 20.2 Å². The van der Waals surface area contributed by atoms with Gasteiger partial charge in [-0.3, -0.25) is 0 Å². The van der Waals surface area contributed by atoms with Crippen molar-refractivity contribution in [2.45, 2.75) is 13.3 Å². The van der Waals surface area contributed by atoms with E-state index < -0.39 is 0 Å². The summed E-state index contributed by atoms with van der Waals surface area (Å²) in [6, 6.07) is 10.3. The first-order chi connectivity index (χ1) is 7.23. The third-order valence-electron chi connectivity index (χ3n) is 2.92. The van der Waals surface area contributed by atoms with Crippen LogP contribution in [0.4, 0.5) is 0 Å². The van der Waals surface area contributed by atoms with Gasteiger partial charge in [0.2, 0.25) is 0 Å². The molecule has 1 N–H and O–H groups in total. The Morgan fingerprint density at radius 2 is 2.00 bits per heavy atom. The molecule has 78 valence electrons. The van der Waals surface area contributed by atoms with Gasteiger partial charge in [-0.25, -0.2) is 0 Å². The summed E-state index contributed by atoms with van der Waals surface area (Å²) in [5, 5.41) is 9.23. The summed E-state index contributed by atoms with van der Waals surface area (Å²) in [5.41, 5.74) is 2.42. The van der Waals surface area contributed by atoms with E-state index in [1.807, 2.05) is 18.2 Å². The zero-order valence-corrected chi connectivity index (χ0v) is 8.98. The van der Waals surface area contributed by atoms with Crippen LogP contribution in [-0.4, -0.2) is 11.7 Å². The van der Waals surface area contributed by atoms with Crippen molar-refractivity contribution in [2.75, 3.05) is 6.61 Å². The number of allylic oxidation sites excluding steroid dienone is 3. The molecule has 1 heteroatoms. The quantitative estimate of drug-likeness (QED) is 0.778. The van der Waals surface area contributed by atoms with Crippen molar-refractivity contribution in [1.29, 1.82) is 0 Å². The molecule has 2 rings (SSSR count). The minimum absolute atomic E-state index is 0.0712. The molecule has 15 heavy (non-hydrogen) atoms. The fourth-order valence-electron chi connectivity index (χ4n) is 1.73. The first kappa shape index (κ1) is 10.2. The molecule has 0 aromatic heterocycles. The number of aliphatic hydroxyl groups excluding tert-OH is 1. The van der Waals surface area contributed by atoms with E-state index in [0.717, 1.165) is 6.42 Å². The van der Waals surface area contributed by atoms with Gasteiger partial charge in [0.25, 0.3) is 0 Å². The van der Waals surface area contributed by atoms with Crippen molar-refractivity contribution in [3.8, 4) is 0 Å². The molecule has 1 nitrogen and oxygen atoms in total. The average molecular weight is 200 g/mol. The number of benzene rings is 1. The third-order valence-corrected chi connectivity index (χ3v) is 2.92. The van der Waals surface area contributed by atoms with E-state index in [9.17, 15) is 5.11 Å². The van der Waals surface area contributed by atoms with E-state index in [2.05, 4.69) is 37.3 Å². The molecular weight excluding hydrogens is 184 g/mol. The van der Waals surface area contributed by atoms with Crippen molar-refractivity contribution in [2.24, 2.45) is 5.41 Å². The first-order valence-electron chi connectivity index (χ1n) is 5.29. The number of rotatable bonds is 2. The molecule has 0 heterocycles. The maximum absolute atomic E-state index is 9.23. The van der Waals surface area contributed by atoms with Gasteiger partial charge < -0.3 is 5.11 Å². The number of aliphatic hydroxyl groups is 1. The van der Waals surface area contributed by atoms with E-state index in [1.54, 1.807) is 0 Å². The van der Waals surface area contributed by atoms with Gasteiger partial charge in [0.05, 0.1) is 6.61 Å². The van der Waals surface area contributed by atoms with Gasteiger partial charge in [-0.15, -0.1) is 0 Å². The largest absolute Gasteiger partial charge is 0.395 e. The highest BCUT2D eigenvalue weighted by atomic mass is 16.3. The van der Waals surface area contributed by atoms with E-state index in [4.69, 9.17) is 0 Å². The van der Waals surface area contributed by atoms with Gasteiger partial charge in [-0.05, 0) is 17.6 Å². The molecule has 0 spiro atoms. The summed E-state index contributed by atoms with van der Waals surface area (Å²) in [5.74, 6) is 0. The number of hydrogen-bond donors (Lipinski definition) is 1. The second kappa shape index (κ2) is 4.03. The van der Waals surface area contributed by atoms with Gasteiger partial charge >= 0.3 is 0 Å². The van der Waals surface area contributed by atoms with Crippen LogP contribution in [0.2, 0.25) is 0 Å². The molecule has 0 aliphatic heterocycles. The molecule has 0 saturated heterocycles. The van der Waals surface area contributed by atoms with E-state index in [-0.39, 0.29) is 12.0 Å². The van der Waals surface area contributed by atoms with E-state index >= 15 is 0 Å². The summed E-state index contributed by atoms with van der Waals surface area (Å²) in [7, 11) is 0. The summed E-state index contributed by atoms with van der Waals surface area (Å²) < 4.78 is 0. The smallest absolute Gasteiger partial charge is 0.0522 e. The van der Waals surface area contributed by atoms with Crippen molar-refractivity contribution in [3.05, 3.63) is 54.1 Å². The van der Waals surface area contributed by atoms with Crippen molar-refractivity contribution >= 4 is 5.57 Å². The monoisotopic (exact) mass is 200 g/mol. The molecule has 0 bridgehead atoms. The lowest BCUT2D eigenvalue weighted by molar-refractivity contribution is 0.186. The second-order valence-electron chi connectivity index (χ2n) is 4.38. The lowest BCUT2D eigenvalue weighted by atomic mass is 9.81. The fourth-order valence-corrected chi connectivity index (χ4v) is 1.73. The Morgan fingerprint density at radius 1 is 1.27 bits per heavy atom. The van der Waals surface area contributed by atoms with Crippen molar-refractivity contribution in [1.82, 2.24) is 0 Å². The predicted octanol–water partition coefficient (Wildman–Crippen LogP) is 3.03. The van der Waals surface area contributed by atoms with Crippen LogP contribution >= 0.6 is 0 Å². The fraction of sp³-hybridized carbons (Fsp3) is 0.286. The maximum atomic E-state index is 9.23. The van der Waals surface area contributed by atoms with Crippen LogP contribution in [0.25, 0.3) is 5.57 Å².